The van der Waals surface area contributed by atoms with E-state index in [1.807, 2.05) is 69.2 Å². The molecule has 0 radical (unpaired) electrons. The van der Waals surface area contributed by atoms with Gasteiger partial charge in [-0.25, -0.2) is 0 Å². The van der Waals surface area contributed by atoms with Crippen molar-refractivity contribution in [2.24, 2.45) is 5.92 Å². The number of unbranched alkanes of at least 4 members (excludes halogenated alkanes) is 1. The average molecular weight is 497 g/mol. The first-order chi connectivity index (χ1) is 16.7. The molecule has 1 aromatic carbocycles. The Morgan fingerprint density at radius 3 is 1.40 bits per heavy atom. The average Bonchev–Trinajstić information content (AvgIpc) is 2.90. The van der Waals surface area contributed by atoms with Crippen LogP contribution in [0, 0.1) is 26.7 Å². The largest absolute Gasteiger partial charge is 0.400 e. The molecule has 1 rings (SSSR count). The predicted molar refractivity (Wildman–Crippen MR) is 172 cm³/mol. The maximum absolute atomic E-state index is 7.00. The molecule has 1 unspecified atom stereocenters. The predicted octanol–water partition coefficient (Wildman–Crippen LogP) is 12.5. The highest BCUT2D eigenvalue weighted by Gasteiger charge is 2.05. The van der Waals surface area contributed by atoms with E-state index in [0.29, 0.717) is 0 Å². The van der Waals surface area contributed by atoms with Crippen LogP contribution in [0.1, 0.15) is 146 Å². The van der Waals surface area contributed by atoms with Gasteiger partial charge in [0.05, 0.1) is 0 Å². The van der Waals surface area contributed by atoms with Crippen LogP contribution >= 0.6 is 0 Å². The summed E-state index contributed by atoms with van der Waals surface area (Å²) in [6, 6.07) is 6.38. The highest BCUT2D eigenvalue weighted by atomic mass is 16.2. The van der Waals surface area contributed by atoms with Crippen LogP contribution in [0.15, 0.2) is 42.0 Å². The lowest BCUT2D eigenvalue weighted by Crippen LogP contribution is -1.99. The molecule has 1 N–H and O–H groups in total. The van der Waals surface area contributed by atoms with E-state index in [1.54, 1.807) is 5.57 Å². The molecule has 1 nitrogen and oxygen atoms in total. The Balaban J connectivity index is -0.0000000601. The monoisotopic (exact) mass is 497 g/mol. The van der Waals surface area contributed by atoms with E-state index in [9.17, 15) is 0 Å². The van der Waals surface area contributed by atoms with Gasteiger partial charge >= 0.3 is 0 Å². The Kier molecular flexibility index (Phi) is 71.8. The van der Waals surface area contributed by atoms with E-state index in [4.69, 9.17) is 5.11 Å². The van der Waals surface area contributed by atoms with Gasteiger partial charge in [0.1, 0.15) is 0 Å². The molecule has 0 bridgehead atoms. The lowest BCUT2D eigenvalue weighted by molar-refractivity contribution is 0.399. The normalized spacial score (nSPS) is 9.17. The smallest absolute Gasteiger partial charge is 0.0319 e. The van der Waals surface area contributed by atoms with Crippen LogP contribution in [0.2, 0.25) is 0 Å². The van der Waals surface area contributed by atoms with Crippen LogP contribution < -0.4 is 0 Å². The summed E-state index contributed by atoms with van der Waals surface area (Å²) in [5, 5.41) is 7.00. The van der Waals surface area contributed by atoms with E-state index in [2.05, 4.69) is 79.3 Å². The molecule has 214 valence electrons. The van der Waals surface area contributed by atoms with Crippen molar-refractivity contribution in [1.29, 1.82) is 0 Å². The Morgan fingerprint density at radius 1 is 0.829 bits per heavy atom. The second-order valence-electron chi connectivity index (χ2n) is 7.38. The molecule has 0 aromatic heterocycles. The van der Waals surface area contributed by atoms with Crippen LogP contribution in [-0.2, 0) is 0 Å². The van der Waals surface area contributed by atoms with Gasteiger partial charge in [0, 0.05) is 7.11 Å². The summed E-state index contributed by atoms with van der Waals surface area (Å²) in [6.45, 7) is 39.0. The van der Waals surface area contributed by atoms with Crippen LogP contribution in [0.5, 0.6) is 0 Å². The van der Waals surface area contributed by atoms with Crippen LogP contribution in [0.4, 0.5) is 0 Å². The molecule has 0 amide bonds. The third-order valence-electron chi connectivity index (χ3n) is 4.41. The Labute approximate surface area is 226 Å². The first-order valence-corrected chi connectivity index (χ1v) is 14.5. The van der Waals surface area contributed by atoms with Crippen molar-refractivity contribution in [2.75, 3.05) is 7.11 Å². The highest BCUT2D eigenvalue weighted by Crippen LogP contribution is 2.21. The molecule has 0 saturated carbocycles. The van der Waals surface area contributed by atoms with Crippen molar-refractivity contribution in [3.05, 3.63) is 58.7 Å². The number of allylic oxidation sites excluding steroid dienone is 3. The first-order valence-electron chi connectivity index (χ1n) is 14.5. The molecule has 0 heterocycles. The molecule has 0 spiro atoms. The van der Waals surface area contributed by atoms with Gasteiger partial charge < -0.3 is 5.11 Å². The summed E-state index contributed by atoms with van der Waals surface area (Å²) in [7, 11) is 1.00. The zero-order valence-electron chi connectivity index (χ0n) is 28.1. The zero-order valence-corrected chi connectivity index (χ0v) is 28.1. The summed E-state index contributed by atoms with van der Waals surface area (Å²) >= 11 is 0. The Bertz CT molecular complexity index is 473. The standard InChI is InChI=1S/C12H24.C9H12.C4H8.4C2H6.CH4O/c1-5-8-10-11(4)12(7-3)9-6-2;1-7-5-4-6-8(2)9(7)3;1-4(2)3;5*1-2/h7,11H,5-6,8-10H2,1-4H3;4-6H,1-3H3;1H2,2-3H3;4*1-2H3;2H,1H3/b12-7-;;;;;;;. The lowest BCUT2D eigenvalue weighted by atomic mass is 9.92. The third-order valence-corrected chi connectivity index (χ3v) is 4.41. The van der Waals surface area contributed by atoms with Gasteiger partial charge in [-0.1, -0.05) is 131 Å². The summed E-state index contributed by atoms with van der Waals surface area (Å²) in [6.07, 6.45) is 8.97. The zero-order chi connectivity index (χ0) is 29.8. The van der Waals surface area contributed by atoms with Crippen molar-refractivity contribution in [1.82, 2.24) is 0 Å². The fourth-order valence-electron chi connectivity index (χ4n) is 2.56. The van der Waals surface area contributed by atoms with Gasteiger partial charge in [0.15, 0.2) is 0 Å². The molecule has 1 atom stereocenters. The van der Waals surface area contributed by atoms with E-state index in [1.165, 1.54) is 54.4 Å². The molecule has 1 aromatic rings. The number of aliphatic hydroxyl groups excluding tert-OH is 1. The fourth-order valence-corrected chi connectivity index (χ4v) is 2.56. The Morgan fingerprint density at radius 2 is 1.17 bits per heavy atom. The molecular weight excluding hydrogens is 424 g/mol. The second-order valence-corrected chi connectivity index (χ2v) is 7.38. The maximum Gasteiger partial charge on any atom is 0.0319 e. The van der Waals surface area contributed by atoms with Crippen molar-refractivity contribution >= 4 is 0 Å². The topological polar surface area (TPSA) is 20.2 Å². The van der Waals surface area contributed by atoms with E-state index in [-0.39, 0.29) is 0 Å². The van der Waals surface area contributed by atoms with Gasteiger partial charge in [-0.15, -0.1) is 6.58 Å². The molecule has 0 fully saturated rings. The van der Waals surface area contributed by atoms with Crippen molar-refractivity contribution in [3.63, 3.8) is 0 Å². The molecule has 1 heteroatoms. The van der Waals surface area contributed by atoms with Crippen LogP contribution in [0.25, 0.3) is 0 Å². The lowest BCUT2D eigenvalue weighted by Gasteiger charge is -2.14. The minimum atomic E-state index is 0.815. The maximum atomic E-state index is 7.00. The SMILES string of the molecule is C/C=C(/CCC)C(C)CCCC.C=C(C)C.CC.CC.CC.CC.CO.Cc1cccc(C)c1C. The van der Waals surface area contributed by atoms with Gasteiger partial charge in [0.2, 0.25) is 0 Å². The van der Waals surface area contributed by atoms with Gasteiger partial charge in [-0.05, 0) is 77.0 Å². The quantitative estimate of drug-likeness (QED) is 0.388. The number of hydrogen-bond acceptors (Lipinski definition) is 1. The minimum absolute atomic E-state index is 0.815. The van der Waals surface area contributed by atoms with E-state index < -0.39 is 0 Å². The third kappa shape index (κ3) is 46.6. The van der Waals surface area contributed by atoms with Gasteiger partial charge in [0.25, 0.3) is 0 Å². The molecular formula is C34H72O. The highest BCUT2D eigenvalue weighted by molar-refractivity contribution is 5.31. The van der Waals surface area contributed by atoms with Crippen molar-refractivity contribution < 1.29 is 5.11 Å². The number of aliphatic hydroxyl groups is 1. The molecule has 0 saturated heterocycles. The molecule has 0 aliphatic heterocycles. The Hall–Kier alpha value is -1.34. The molecule has 0 aliphatic carbocycles. The summed E-state index contributed by atoms with van der Waals surface area (Å²) in [4.78, 5) is 0. The van der Waals surface area contributed by atoms with Crippen LogP contribution in [0.3, 0.4) is 0 Å². The van der Waals surface area contributed by atoms with Crippen LogP contribution in [-0.4, -0.2) is 12.2 Å². The van der Waals surface area contributed by atoms with Crippen molar-refractivity contribution in [2.45, 2.75) is 150 Å². The fraction of sp³-hybridized carbons (Fsp3) is 0.706. The van der Waals surface area contributed by atoms with E-state index in [0.717, 1.165) is 13.0 Å². The molecule has 35 heavy (non-hydrogen) atoms. The second kappa shape index (κ2) is 49.7. The number of benzene rings is 1. The van der Waals surface area contributed by atoms with Crippen molar-refractivity contribution in [3.8, 4) is 0 Å². The summed E-state index contributed by atoms with van der Waals surface area (Å²) in [5.41, 5.74) is 7.01. The summed E-state index contributed by atoms with van der Waals surface area (Å²) < 4.78 is 0. The molecule has 0 aliphatic rings. The number of hydrogen-bond donors (Lipinski definition) is 1. The minimum Gasteiger partial charge on any atom is -0.400 e. The van der Waals surface area contributed by atoms with E-state index >= 15 is 0 Å². The number of rotatable bonds is 6. The van der Waals surface area contributed by atoms with Gasteiger partial charge in [-0.3, -0.25) is 0 Å². The van der Waals surface area contributed by atoms with Gasteiger partial charge in [-0.2, -0.15) is 0 Å². The first kappa shape index (κ1) is 50.5. The summed E-state index contributed by atoms with van der Waals surface area (Å²) in [5.74, 6) is 0.815. The number of aryl methyl sites for hydroxylation is 2.